The van der Waals surface area contributed by atoms with Crippen molar-refractivity contribution in [1.82, 2.24) is 9.97 Å². The van der Waals surface area contributed by atoms with Crippen molar-refractivity contribution < 1.29 is 0 Å². The largest absolute Gasteiger partial charge is 0.368 e. The van der Waals surface area contributed by atoms with Gasteiger partial charge in [-0.25, -0.2) is 4.98 Å². The minimum absolute atomic E-state index is 0.319. The fourth-order valence-corrected chi connectivity index (χ4v) is 3.69. The van der Waals surface area contributed by atoms with E-state index in [0.29, 0.717) is 6.04 Å². The maximum atomic E-state index is 4.90. The van der Waals surface area contributed by atoms with E-state index in [1.54, 1.807) is 0 Å². The van der Waals surface area contributed by atoms with E-state index in [2.05, 4.69) is 72.3 Å². The topological polar surface area (TPSA) is 44.3 Å². The highest BCUT2D eigenvalue weighted by Gasteiger charge is 2.21. The summed E-state index contributed by atoms with van der Waals surface area (Å²) in [6.45, 7) is 10.2. The Hall–Kier alpha value is -3.08. The second-order valence-corrected chi connectivity index (χ2v) is 7.92. The van der Waals surface area contributed by atoms with Crippen molar-refractivity contribution in [2.75, 3.05) is 41.3 Å². The molecule has 0 radical (unpaired) electrons. The van der Waals surface area contributed by atoms with Gasteiger partial charge in [-0.3, -0.25) is 0 Å². The molecule has 1 saturated heterocycles. The molecule has 1 aromatic heterocycles. The van der Waals surface area contributed by atoms with Crippen LogP contribution in [0.2, 0.25) is 0 Å². The van der Waals surface area contributed by atoms with E-state index in [0.717, 1.165) is 49.2 Å². The Morgan fingerprint density at radius 2 is 1.55 bits per heavy atom. The van der Waals surface area contributed by atoms with Crippen LogP contribution in [0.1, 0.15) is 19.4 Å². The Kier molecular flexibility index (Phi) is 5.65. The third kappa shape index (κ3) is 4.67. The minimum atomic E-state index is 0.319. The highest BCUT2D eigenvalue weighted by atomic mass is 15.3. The molecule has 0 aliphatic carbocycles. The zero-order valence-corrected chi connectivity index (χ0v) is 17.5. The van der Waals surface area contributed by atoms with Gasteiger partial charge in [-0.15, -0.1) is 0 Å². The molecule has 3 aromatic rings. The van der Waals surface area contributed by atoms with E-state index in [1.165, 1.54) is 11.3 Å². The molecule has 4 rings (SSSR count). The van der Waals surface area contributed by atoms with E-state index in [9.17, 15) is 0 Å². The summed E-state index contributed by atoms with van der Waals surface area (Å²) in [7, 11) is 0. The second-order valence-electron chi connectivity index (χ2n) is 7.92. The molecule has 0 unspecified atom stereocenters. The standard InChI is InChI=1S/C24H29N5/c1-18(2)25-23-17-22(20-9-5-4-6-10-20)26-24(27-23)29-14-12-28(13-15-29)21-11-7-8-19(3)16-21/h4-11,16-18H,12-15H2,1-3H3,(H,25,26,27). The van der Waals surface area contributed by atoms with E-state index < -0.39 is 0 Å². The van der Waals surface area contributed by atoms with Gasteiger partial charge in [0.25, 0.3) is 0 Å². The van der Waals surface area contributed by atoms with Gasteiger partial charge >= 0.3 is 0 Å². The van der Waals surface area contributed by atoms with Gasteiger partial charge < -0.3 is 15.1 Å². The van der Waals surface area contributed by atoms with Crippen LogP contribution in [-0.4, -0.2) is 42.2 Å². The van der Waals surface area contributed by atoms with Crippen LogP contribution in [0.5, 0.6) is 0 Å². The number of anilines is 3. The van der Waals surface area contributed by atoms with Crippen LogP contribution in [0.25, 0.3) is 11.3 Å². The number of rotatable bonds is 5. The summed E-state index contributed by atoms with van der Waals surface area (Å²) in [6, 6.07) is 21.4. The molecule has 5 heteroatoms. The summed E-state index contributed by atoms with van der Waals surface area (Å²) in [5.74, 6) is 1.68. The highest BCUT2D eigenvalue weighted by Crippen LogP contribution is 2.25. The average molecular weight is 388 g/mol. The number of benzene rings is 2. The van der Waals surface area contributed by atoms with Crippen LogP contribution in [0.15, 0.2) is 60.7 Å². The number of aryl methyl sites for hydroxylation is 1. The monoisotopic (exact) mass is 387 g/mol. The highest BCUT2D eigenvalue weighted by molar-refractivity contribution is 5.65. The Morgan fingerprint density at radius 3 is 2.24 bits per heavy atom. The molecule has 5 nitrogen and oxygen atoms in total. The summed E-state index contributed by atoms with van der Waals surface area (Å²) in [5.41, 5.74) is 4.67. The zero-order chi connectivity index (χ0) is 20.2. The van der Waals surface area contributed by atoms with Crippen LogP contribution in [0.3, 0.4) is 0 Å². The van der Waals surface area contributed by atoms with Crippen molar-refractivity contribution in [3.8, 4) is 11.3 Å². The molecule has 1 aliphatic heterocycles. The molecular weight excluding hydrogens is 358 g/mol. The first-order valence-electron chi connectivity index (χ1n) is 10.4. The molecule has 0 atom stereocenters. The summed E-state index contributed by atoms with van der Waals surface area (Å²) in [4.78, 5) is 14.5. The average Bonchev–Trinajstić information content (AvgIpc) is 2.74. The van der Waals surface area contributed by atoms with Crippen LogP contribution < -0.4 is 15.1 Å². The van der Waals surface area contributed by atoms with E-state index in [4.69, 9.17) is 9.97 Å². The zero-order valence-electron chi connectivity index (χ0n) is 17.5. The molecule has 150 valence electrons. The number of hydrogen-bond donors (Lipinski definition) is 1. The molecule has 0 amide bonds. The van der Waals surface area contributed by atoms with Gasteiger partial charge in [0.05, 0.1) is 5.69 Å². The lowest BCUT2D eigenvalue weighted by atomic mass is 10.1. The Balaban J connectivity index is 1.56. The van der Waals surface area contributed by atoms with Gasteiger partial charge in [-0.1, -0.05) is 42.5 Å². The summed E-state index contributed by atoms with van der Waals surface area (Å²) in [5, 5.41) is 3.45. The summed E-state index contributed by atoms with van der Waals surface area (Å²) in [6.07, 6.45) is 0. The molecular formula is C24H29N5. The minimum Gasteiger partial charge on any atom is -0.368 e. The Bertz CT molecular complexity index is 946. The molecule has 2 aromatic carbocycles. The molecule has 0 saturated carbocycles. The van der Waals surface area contributed by atoms with Crippen molar-refractivity contribution in [3.05, 3.63) is 66.2 Å². The smallest absolute Gasteiger partial charge is 0.227 e. The fourth-order valence-electron chi connectivity index (χ4n) is 3.69. The van der Waals surface area contributed by atoms with Crippen molar-refractivity contribution in [2.24, 2.45) is 0 Å². The number of nitrogens with one attached hydrogen (secondary N) is 1. The molecule has 2 heterocycles. The first kappa shape index (κ1) is 19.2. The first-order chi connectivity index (χ1) is 14.1. The lowest BCUT2D eigenvalue weighted by Gasteiger charge is -2.36. The Morgan fingerprint density at radius 1 is 0.828 bits per heavy atom. The SMILES string of the molecule is Cc1cccc(N2CCN(c3nc(NC(C)C)cc(-c4ccccc4)n3)CC2)c1. The van der Waals surface area contributed by atoms with Crippen LogP contribution in [0.4, 0.5) is 17.5 Å². The van der Waals surface area contributed by atoms with Crippen LogP contribution in [0, 0.1) is 6.92 Å². The third-order valence-electron chi connectivity index (χ3n) is 5.15. The lowest BCUT2D eigenvalue weighted by Crippen LogP contribution is -2.47. The van der Waals surface area contributed by atoms with Crippen molar-refractivity contribution in [3.63, 3.8) is 0 Å². The Labute approximate surface area is 173 Å². The predicted molar refractivity (Wildman–Crippen MR) is 122 cm³/mol. The summed E-state index contributed by atoms with van der Waals surface area (Å²) >= 11 is 0. The van der Waals surface area contributed by atoms with Gasteiger partial charge in [-0.05, 0) is 38.5 Å². The van der Waals surface area contributed by atoms with Gasteiger partial charge in [0.15, 0.2) is 0 Å². The van der Waals surface area contributed by atoms with Crippen LogP contribution in [-0.2, 0) is 0 Å². The second kappa shape index (κ2) is 8.52. The number of aromatic nitrogens is 2. The van der Waals surface area contributed by atoms with E-state index >= 15 is 0 Å². The van der Waals surface area contributed by atoms with E-state index in [-0.39, 0.29) is 0 Å². The molecule has 1 fully saturated rings. The summed E-state index contributed by atoms with van der Waals surface area (Å²) < 4.78 is 0. The number of nitrogens with zero attached hydrogens (tertiary/aromatic N) is 4. The molecule has 1 N–H and O–H groups in total. The van der Waals surface area contributed by atoms with Crippen molar-refractivity contribution >= 4 is 17.5 Å². The number of piperazine rings is 1. The quantitative estimate of drug-likeness (QED) is 0.693. The first-order valence-corrected chi connectivity index (χ1v) is 10.4. The van der Waals surface area contributed by atoms with Crippen molar-refractivity contribution in [1.29, 1.82) is 0 Å². The van der Waals surface area contributed by atoms with Crippen LogP contribution >= 0.6 is 0 Å². The molecule has 1 aliphatic rings. The maximum absolute atomic E-state index is 4.90. The molecule has 0 spiro atoms. The lowest BCUT2D eigenvalue weighted by molar-refractivity contribution is 0.640. The van der Waals surface area contributed by atoms with Gasteiger partial charge in [0, 0.05) is 49.5 Å². The van der Waals surface area contributed by atoms with E-state index in [1.807, 2.05) is 24.3 Å². The molecule has 0 bridgehead atoms. The normalized spacial score (nSPS) is 14.3. The third-order valence-corrected chi connectivity index (χ3v) is 5.15. The molecule has 29 heavy (non-hydrogen) atoms. The van der Waals surface area contributed by atoms with Gasteiger partial charge in [0.1, 0.15) is 5.82 Å². The predicted octanol–water partition coefficient (Wildman–Crippen LogP) is 4.60. The van der Waals surface area contributed by atoms with Crippen molar-refractivity contribution in [2.45, 2.75) is 26.8 Å². The maximum Gasteiger partial charge on any atom is 0.227 e. The number of hydrogen-bond acceptors (Lipinski definition) is 5. The van der Waals surface area contributed by atoms with Gasteiger partial charge in [-0.2, -0.15) is 4.98 Å². The fraction of sp³-hybridized carbons (Fsp3) is 0.333. The van der Waals surface area contributed by atoms with Gasteiger partial charge in [0.2, 0.25) is 5.95 Å².